The molecule has 1 unspecified atom stereocenters. The van der Waals surface area contributed by atoms with Gasteiger partial charge in [-0.05, 0) is 43.5 Å². The third-order valence-electron chi connectivity index (χ3n) is 3.67. The molecule has 0 saturated heterocycles. The maximum Gasteiger partial charge on any atom is 0.233 e. The normalized spacial score (nSPS) is 11.6. The van der Waals surface area contributed by atoms with E-state index in [4.69, 9.17) is 0 Å². The first-order valence-electron chi connectivity index (χ1n) is 7.67. The van der Waals surface area contributed by atoms with Crippen LogP contribution in [0.25, 0.3) is 0 Å². The van der Waals surface area contributed by atoms with E-state index in [-0.39, 0.29) is 24.3 Å². The van der Waals surface area contributed by atoms with Crippen LogP contribution in [0.3, 0.4) is 0 Å². The molecular weight excluding hydrogens is 288 g/mol. The molecule has 120 valence electrons. The molecule has 0 spiro atoms. The van der Waals surface area contributed by atoms with Gasteiger partial charge in [0.15, 0.2) is 0 Å². The molecule has 0 aliphatic carbocycles. The molecule has 4 nitrogen and oxygen atoms in total. The summed E-state index contributed by atoms with van der Waals surface area (Å²) in [5.74, 6) is -0.597. The van der Waals surface area contributed by atoms with E-state index in [1.54, 1.807) is 0 Å². The minimum absolute atomic E-state index is 0.128. The quantitative estimate of drug-likeness (QED) is 0.830. The predicted molar refractivity (Wildman–Crippen MR) is 92.2 cm³/mol. The molecule has 2 N–H and O–H groups in total. The molecule has 0 heterocycles. The Balaban J connectivity index is 1.90. The lowest BCUT2D eigenvalue weighted by Gasteiger charge is -2.14. The van der Waals surface area contributed by atoms with E-state index in [0.717, 1.165) is 22.4 Å². The van der Waals surface area contributed by atoms with Crippen molar-refractivity contribution < 1.29 is 9.59 Å². The molecule has 0 radical (unpaired) electrons. The molecule has 2 aromatic rings. The average Bonchev–Trinajstić information content (AvgIpc) is 2.51. The van der Waals surface area contributed by atoms with E-state index in [1.807, 2.05) is 69.3 Å². The van der Waals surface area contributed by atoms with E-state index in [9.17, 15) is 9.59 Å². The van der Waals surface area contributed by atoms with Gasteiger partial charge in [-0.15, -0.1) is 0 Å². The summed E-state index contributed by atoms with van der Waals surface area (Å²) in [6, 6.07) is 15.4. The van der Waals surface area contributed by atoms with E-state index in [0.29, 0.717) is 0 Å². The summed E-state index contributed by atoms with van der Waals surface area (Å²) in [4.78, 5) is 24.0. The first kappa shape index (κ1) is 16.7. The number of anilines is 1. The topological polar surface area (TPSA) is 58.2 Å². The maximum absolute atomic E-state index is 12.0. The van der Waals surface area contributed by atoms with Gasteiger partial charge in [0.25, 0.3) is 0 Å². The zero-order valence-electron chi connectivity index (χ0n) is 13.7. The molecule has 0 aromatic heterocycles. The fourth-order valence-electron chi connectivity index (χ4n) is 2.33. The molecule has 2 rings (SSSR count). The second kappa shape index (κ2) is 7.58. The smallest absolute Gasteiger partial charge is 0.233 e. The van der Waals surface area contributed by atoms with Crippen molar-refractivity contribution in [1.82, 2.24) is 5.32 Å². The van der Waals surface area contributed by atoms with Gasteiger partial charge in [-0.3, -0.25) is 9.59 Å². The molecule has 2 amide bonds. The molecule has 1 atom stereocenters. The zero-order chi connectivity index (χ0) is 16.8. The van der Waals surface area contributed by atoms with Crippen LogP contribution in [-0.4, -0.2) is 11.8 Å². The van der Waals surface area contributed by atoms with Crippen LogP contribution in [0, 0.1) is 13.8 Å². The number of carbonyl (C=O) groups excluding carboxylic acids is 2. The van der Waals surface area contributed by atoms with Gasteiger partial charge < -0.3 is 10.6 Å². The summed E-state index contributed by atoms with van der Waals surface area (Å²) in [6.45, 7) is 5.78. The Kier molecular flexibility index (Phi) is 5.52. The average molecular weight is 310 g/mol. The number of rotatable bonds is 5. The summed E-state index contributed by atoms with van der Waals surface area (Å²) in [6.07, 6.45) is -0.190. The number of benzene rings is 2. The van der Waals surface area contributed by atoms with Gasteiger partial charge in [0.1, 0.15) is 6.42 Å². The number of amides is 2. The lowest BCUT2D eigenvalue weighted by molar-refractivity contribution is -0.127. The van der Waals surface area contributed by atoms with Gasteiger partial charge >= 0.3 is 0 Å². The largest absolute Gasteiger partial charge is 0.349 e. The minimum Gasteiger partial charge on any atom is -0.349 e. The van der Waals surface area contributed by atoms with Gasteiger partial charge in [-0.25, -0.2) is 0 Å². The van der Waals surface area contributed by atoms with Crippen LogP contribution in [0.2, 0.25) is 0 Å². The molecule has 23 heavy (non-hydrogen) atoms. The van der Waals surface area contributed by atoms with Crippen molar-refractivity contribution in [1.29, 1.82) is 0 Å². The zero-order valence-corrected chi connectivity index (χ0v) is 13.7. The van der Waals surface area contributed by atoms with E-state index < -0.39 is 0 Å². The molecule has 0 aliphatic heterocycles. The highest BCUT2D eigenvalue weighted by Gasteiger charge is 2.14. The summed E-state index contributed by atoms with van der Waals surface area (Å²) >= 11 is 0. The summed E-state index contributed by atoms with van der Waals surface area (Å²) < 4.78 is 0. The molecule has 0 fully saturated rings. The number of hydrogen-bond acceptors (Lipinski definition) is 2. The van der Waals surface area contributed by atoms with Crippen molar-refractivity contribution in [2.45, 2.75) is 33.2 Å². The van der Waals surface area contributed by atoms with Crippen molar-refractivity contribution in [2.24, 2.45) is 0 Å². The monoisotopic (exact) mass is 310 g/mol. The molecular formula is C19H22N2O2. The van der Waals surface area contributed by atoms with Crippen LogP contribution in [0.1, 0.15) is 36.1 Å². The number of carbonyl (C=O) groups is 2. The Morgan fingerprint density at radius 1 is 1.00 bits per heavy atom. The van der Waals surface area contributed by atoms with Crippen LogP contribution >= 0.6 is 0 Å². The van der Waals surface area contributed by atoms with Crippen LogP contribution in [0.5, 0.6) is 0 Å². The van der Waals surface area contributed by atoms with Crippen LogP contribution in [0.15, 0.2) is 48.5 Å². The maximum atomic E-state index is 12.0. The molecule has 0 aliphatic rings. The Morgan fingerprint density at radius 3 is 2.39 bits per heavy atom. The van der Waals surface area contributed by atoms with Gasteiger partial charge in [-0.1, -0.05) is 42.5 Å². The van der Waals surface area contributed by atoms with Crippen molar-refractivity contribution in [3.8, 4) is 0 Å². The van der Waals surface area contributed by atoms with Crippen LogP contribution < -0.4 is 10.6 Å². The SMILES string of the molecule is Cc1ccc(C)c(NC(=O)CC(=O)NC(C)c2ccccc2)c1. The van der Waals surface area contributed by atoms with Crippen LogP contribution in [0.4, 0.5) is 5.69 Å². The number of aryl methyl sites for hydroxylation is 2. The molecule has 2 aromatic carbocycles. The third kappa shape index (κ3) is 4.95. The summed E-state index contributed by atoms with van der Waals surface area (Å²) in [5.41, 5.74) is 3.80. The van der Waals surface area contributed by atoms with Crippen molar-refractivity contribution in [2.75, 3.05) is 5.32 Å². The highest BCUT2D eigenvalue weighted by Crippen LogP contribution is 2.16. The Labute approximate surface area is 136 Å². The summed E-state index contributed by atoms with van der Waals surface area (Å²) in [7, 11) is 0. The van der Waals surface area contributed by atoms with E-state index in [2.05, 4.69) is 10.6 Å². The summed E-state index contributed by atoms with van der Waals surface area (Å²) in [5, 5.41) is 5.63. The van der Waals surface area contributed by atoms with E-state index >= 15 is 0 Å². The van der Waals surface area contributed by atoms with Crippen molar-refractivity contribution >= 4 is 17.5 Å². The number of nitrogens with one attached hydrogen (secondary N) is 2. The Bertz CT molecular complexity index is 696. The van der Waals surface area contributed by atoms with E-state index in [1.165, 1.54) is 0 Å². The highest BCUT2D eigenvalue weighted by atomic mass is 16.2. The third-order valence-corrected chi connectivity index (χ3v) is 3.67. The minimum atomic E-state index is -0.309. The second-order valence-electron chi connectivity index (χ2n) is 5.74. The van der Waals surface area contributed by atoms with Gasteiger partial charge in [0.2, 0.25) is 11.8 Å². The first-order valence-corrected chi connectivity index (χ1v) is 7.67. The van der Waals surface area contributed by atoms with Crippen molar-refractivity contribution in [3.05, 3.63) is 65.2 Å². The first-order chi connectivity index (χ1) is 11.0. The van der Waals surface area contributed by atoms with Crippen LogP contribution in [-0.2, 0) is 9.59 Å². The fourth-order valence-corrected chi connectivity index (χ4v) is 2.33. The Morgan fingerprint density at radius 2 is 1.70 bits per heavy atom. The molecule has 0 saturated carbocycles. The standard InChI is InChI=1S/C19H22N2O2/c1-13-9-10-14(2)17(11-13)21-19(23)12-18(22)20-15(3)16-7-5-4-6-8-16/h4-11,15H,12H2,1-3H3,(H,20,22)(H,21,23). The molecule has 4 heteroatoms. The predicted octanol–water partition coefficient (Wildman–Crippen LogP) is 3.51. The number of hydrogen-bond donors (Lipinski definition) is 2. The lowest BCUT2D eigenvalue weighted by atomic mass is 10.1. The highest BCUT2D eigenvalue weighted by molar-refractivity contribution is 6.03. The van der Waals surface area contributed by atoms with Gasteiger partial charge in [0.05, 0.1) is 6.04 Å². The fraction of sp³-hybridized carbons (Fsp3) is 0.263. The van der Waals surface area contributed by atoms with Gasteiger partial charge in [0, 0.05) is 5.69 Å². The second-order valence-corrected chi connectivity index (χ2v) is 5.74. The molecule has 0 bridgehead atoms. The van der Waals surface area contributed by atoms with Crippen molar-refractivity contribution in [3.63, 3.8) is 0 Å². The van der Waals surface area contributed by atoms with Gasteiger partial charge in [-0.2, -0.15) is 0 Å². The Hall–Kier alpha value is -2.62. The lowest BCUT2D eigenvalue weighted by Crippen LogP contribution is -2.30.